The van der Waals surface area contributed by atoms with E-state index in [9.17, 15) is 4.79 Å². The van der Waals surface area contributed by atoms with Gasteiger partial charge in [-0.1, -0.05) is 0 Å². The molecule has 2 heterocycles. The van der Waals surface area contributed by atoms with Gasteiger partial charge in [-0.3, -0.25) is 4.79 Å². The molecule has 0 unspecified atom stereocenters. The molecule has 0 amide bonds. The van der Waals surface area contributed by atoms with E-state index in [0.29, 0.717) is 0 Å². The van der Waals surface area contributed by atoms with E-state index in [1.165, 1.54) is 0 Å². The molecule has 19 heavy (non-hydrogen) atoms. The third-order valence-corrected chi connectivity index (χ3v) is 3.24. The molecule has 1 saturated carbocycles. The van der Waals surface area contributed by atoms with Crippen molar-refractivity contribution in [1.82, 2.24) is 0 Å². The number of hydrogen-bond donors (Lipinski definition) is 0. The number of Topliss-reactive ketones (excluding diaryl/α,β-unsaturated/α-hetero) is 1. The Balaban J connectivity index is 1.87. The van der Waals surface area contributed by atoms with Crippen LogP contribution in [0.15, 0.2) is 57.2 Å². The Morgan fingerprint density at radius 2 is 1.42 bits per heavy atom. The topological polar surface area (TPSA) is 43.4 Å². The summed E-state index contributed by atoms with van der Waals surface area (Å²) in [6.45, 7) is 0. The van der Waals surface area contributed by atoms with E-state index in [-0.39, 0.29) is 5.78 Å². The molecule has 3 rings (SSSR count). The maximum absolute atomic E-state index is 12.4. The van der Waals surface area contributed by atoms with Crippen molar-refractivity contribution in [2.75, 3.05) is 0 Å². The summed E-state index contributed by atoms with van der Waals surface area (Å²) in [5, 5.41) is 0. The highest BCUT2D eigenvalue weighted by Crippen LogP contribution is 2.28. The molecule has 0 atom stereocenters. The van der Waals surface area contributed by atoms with E-state index in [0.717, 1.165) is 41.5 Å². The highest BCUT2D eigenvalue weighted by molar-refractivity contribution is 6.13. The third kappa shape index (κ3) is 2.60. The van der Waals surface area contributed by atoms with Crippen LogP contribution in [0.3, 0.4) is 0 Å². The summed E-state index contributed by atoms with van der Waals surface area (Å²) >= 11 is 0. The molecular weight excluding hydrogens is 240 g/mol. The predicted molar refractivity (Wildman–Crippen MR) is 72.2 cm³/mol. The van der Waals surface area contributed by atoms with Gasteiger partial charge in [-0.05, 0) is 43.5 Å². The lowest BCUT2D eigenvalue weighted by Gasteiger charge is -2.15. The maximum Gasteiger partial charge on any atom is 0.185 e. The minimum atomic E-state index is 0.133. The molecule has 0 aromatic carbocycles. The minimum Gasteiger partial charge on any atom is -0.472 e. The number of allylic oxidation sites excluding steroid dienone is 2. The first-order valence-electron chi connectivity index (χ1n) is 6.33. The standard InChI is InChI=1S/C16H14O3/c17-16-14(8-12-4-6-18-10-12)2-1-3-15(16)9-13-5-7-19-11-13/h4-11H,1-3H2/b14-8+,15-9+. The zero-order valence-corrected chi connectivity index (χ0v) is 10.5. The van der Waals surface area contributed by atoms with Crippen molar-refractivity contribution in [2.24, 2.45) is 0 Å². The average molecular weight is 254 g/mol. The summed E-state index contributed by atoms with van der Waals surface area (Å²) in [4.78, 5) is 12.4. The van der Waals surface area contributed by atoms with Crippen LogP contribution in [0.2, 0.25) is 0 Å². The van der Waals surface area contributed by atoms with Gasteiger partial charge in [-0.15, -0.1) is 0 Å². The van der Waals surface area contributed by atoms with Crippen molar-refractivity contribution in [3.8, 4) is 0 Å². The summed E-state index contributed by atoms with van der Waals surface area (Å²) in [6, 6.07) is 3.71. The van der Waals surface area contributed by atoms with Crippen LogP contribution in [0.5, 0.6) is 0 Å². The van der Waals surface area contributed by atoms with Crippen LogP contribution in [0, 0.1) is 0 Å². The Labute approximate surface area is 111 Å². The fraction of sp³-hybridized carbons (Fsp3) is 0.188. The number of rotatable bonds is 2. The Hall–Kier alpha value is -2.29. The molecule has 96 valence electrons. The molecule has 0 saturated heterocycles. The lowest BCUT2D eigenvalue weighted by molar-refractivity contribution is -0.112. The molecule has 0 aliphatic heterocycles. The fourth-order valence-corrected chi connectivity index (χ4v) is 2.29. The smallest absolute Gasteiger partial charge is 0.185 e. The van der Waals surface area contributed by atoms with Crippen molar-refractivity contribution < 1.29 is 13.6 Å². The second-order valence-corrected chi connectivity index (χ2v) is 4.64. The zero-order chi connectivity index (χ0) is 13.1. The maximum atomic E-state index is 12.4. The van der Waals surface area contributed by atoms with Crippen molar-refractivity contribution in [2.45, 2.75) is 19.3 Å². The lowest BCUT2D eigenvalue weighted by atomic mass is 9.87. The normalized spacial score (nSPS) is 20.3. The van der Waals surface area contributed by atoms with Crippen LogP contribution in [0.4, 0.5) is 0 Å². The van der Waals surface area contributed by atoms with Crippen LogP contribution < -0.4 is 0 Å². The summed E-state index contributed by atoms with van der Waals surface area (Å²) in [5.41, 5.74) is 3.57. The van der Waals surface area contributed by atoms with Crippen LogP contribution in [0.1, 0.15) is 30.4 Å². The Kier molecular flexibility index (Phi) is 3.19. The van der Waals surface area contributed by atoms with Gasteiger partial charge in [0, 0.05) is 22.3 Å². The highest BCUT2D eigenvalue weighted by atomic mass is 16.3. The number of ketones is 1. The summed E-state index contributed by atoms with van der Waals surface area (Å²) in [5.74, 6) is 0.133. The van der Waals surface area contributed by atoms with Crippen molar-refractivity contribution in [1.29, 1.82) is 0 Å². The van der Waals surface area contributed by atoms with E-state index in [4.69, 9.17) is 8.83 Å². The van der Waals surface area contributed by atoms with E-state index in [1.807, 2.05) is 24.3 Å². The summed E-state index contributed by atoms with van der Waals surface area (Å²) in [7, 11) is 0. The van der Waals surface area contributed by atoms with Gasteiger partial charge in [0.05, 0.1) is 25.1 Å². The largest absolute Gasteiger partial charge is 0.472 e. The Bertz CT molecular complexity index is 559. The number of hydrogen-bond acceptors (Lipinski definition) is 3. The van der Waals surface area contributed by atoms with Crippen molar-refractivity contribution in [3.05, 3.63) is 59.5 Å². The van der Waals surface area contributed by atoms with Crippen LogP contribution in [-0.2, 0) is 4.79 Å². The number of carbonyl (C=O) groups excluding carboxylic acids is 1. The van der Waals surface area contributed by atoms with E-state index in [2.05, 4.69) is 0 Å². The van der Waals surface area contributed by atoms with Crippen molar-refractivity contribution >= 4 is 17.9 Å². The Morgan fingerprint density at radius 1 is 0.895 bits per heavy atom. The van der Waals surface area contributed by atoms with Crippen LogP contribution >= 0.6 is 0 Å². The monoisotopic (exact) mass is 254 g/mol. The summed E-state index contributed by atoms with van der Waals surface area (Å²) < 4.78 is 10.0. The van der Waals surface area contributed by atoms with Gasteiger partial charge >= 0.3 is 0 Å². The first kappa shape index (κ1) is 11.8. The molecule has 1 fully saturated rings. The highest BCUT2D eigenvalue weighted by Gasteiger charge is 2.20. The van der Waals surface area contributed by atoms with Gasteiger partial charge in [0.15, 0.2) is 5.78 Å². The number of carbonyl (C=O) groups is 1. The van der Waals surface area contributed by atoms with E-state index < -0.39 is 0 Å². The van der Waals surface area contributed by atoms with E-state index in [1.54, 1.807) is 25.1 Å². The van der Waals surface area contributed by atoms with Gasteiger partial charge in [-0.2, -0.15) is 0 Å². The molecule has 2 aromatic heterocycles. The van der Waals surface area contributed by atoms with Gasteiger partial charge in [-0.25, -0.2) is 0 Å². The summed E-state index contributed by atoms with van der Waals surface area (Å²) in [6.07, 6.45) is 13.0. The second-order valence-electron chi connectivity index (χ2n) is 4.64. The SMILES string of the molecule is O=C1/C(=C/c2ccoc2)CCC/C1=C\c1ccoc1. The predicted octanol–water partition coefficient (Wildman–Crippen LogP) is 4.09. The molecule has 0 spiro atoms. The third-order valence-electron chi connectivity index (χ3n) is 3.24. The van der Waals surface area contributed by atoms with Crippen molar-refractivity contribution in [3.63, 3.8) is 0 Å². The van der Waals surface area contributed by atoms with Crippen LogP contribution in [-0.4, -0.2) is 5.78 Å². The molecule has 1 aliphatic carbocycles. The first-order chi connectivity index (χ1) is 9.33. The second kappa shape index (κ2) is 5.14. The first-order valence-corrected chi connectivity index (χ1v) is 6.33. The van der Waals surface area contributed by atoms with Gasteiger partial charge < -0.3 is 8.83 Å². The number of furan rings is 2. The molecule has 0 N–H and O–H groups in total. The molecule has 3 heteroatoms. The van der Waals surface area contributed by atoms with Gasteiger partial charge in [0.2, 0.25) is 0 Å². The molecule has 2 aromatic rings. The molecular formula is C16H14O3. The fourth-order valence-electron chi connectivity index (χ4n) is 2.29. The lowest BCUT2D eigenvalue weighted by Crippen LogP contribution is -2.12. The average Bonchev–Trinajstić information content (AvgIpc) is 3.07. The minimum absolute atomic E-state index is 0.133. The van der Waals surface area contributed by atoms with Crippen LogP contribution in [0.25, 0.3) is 12.2 Å². The molecule has 0 radical (unpaired) electrons. The molecule has 3 nitrogen and oxygen atoms in total. The van der Waals surface area contributed by atoms with E-state index >= 15 is 0 Å². The van der Waals surface area contributed by atoms with Gasteiger partial charge in [0.25, 0.3) is 0 Å². The quantitative estimate of drug-likeness (QED) is 0.758. The molecule has 1 aliphatic rings. The Morgan fingerprint density at radius 3 is 1.84 bits per heavy atom. The zero-order valence-electron chi connectivity index (χ0n) is 10.5. The molecule has 0 bridgehead atoms. The van der Waals surface area contributed by atoms with Gasteiger partial charge in [0.1, 0.15) is 0 Å².